The molecule has 1 fully saturated rings. The molecule has 1 saturated heterocycles. The Morgan fingerprint density at radius 3 is 2.33 bits per heavy atom. The van der Waals surface area contributed by atoms with Gasteiger partial charge in [0.05, 0.1) is 35.2 Å². The van der Waals surface area contributed by atoms with Crippen LogP contribution in [0, 0.1) is 0 Å². The molecule has 0 radical (unpaired) electrons. The molecule has 0 bridgehead atoms. The molecule has 0 saturated carbocycles. The number of carbonyl (C=O) groups excluding carboxylic acids is 1. The second-order valence-electron chi connectivity index (χ2n) is 13.2. The minimum atomic E-state index is -3.52. The molecule has 5 aromatic rings. The van der Waals surface area contributed by atoms with E-state index in [-0.39, 0.29) is 4.90 Å². The Morgan fingerprint density at radius 2 is 1.63 bits per heavy atom. The van der Waals surface area contributed by atoms with Crippen molar-refractivity contribution in [3.05, 3.63) is 108 Å². The smallest absolute Gasteiger partial charge is 0.266 e. The monoisotopic (exact) mass is 682 g/mol. The van der Waals surface area contributed by atoms with Crippen LogP contribution in [0.4, 0.5) is 11.5 Å². The molecule has 0 aliphatic carbocycles. The third-order valence-electron chi connectivity index (χ3n) is 8.63. The van der Waals surface area contributed by atoms with Gasteiger partial charge in [-0.05, 0) is 47.3 Å². The van der Waals surface area contributed by atoms with Crippen LogP contribution in [0.5, 0.6) is 5.75 Å². The SMILES string of the molecule is CC(C)(C)c1cc(N(C(=O)C(O)c2ccc(OCCN3CCOCC3)c3ccccc23)c2ccccc2)n(-c2cccc(S(C)(=O)=O)c2)n1. The summed E-state index contributed by atoms with van der Waals surface area (Å²) in [7, 11) is -3.52. The summed E-state index contributed by atoms with van der Waals surface area (Å²) in [4.78, 5) is 18.6. The summed E-state index contributed by atoms with van der Waals surface area (Å²) in [5.74, 6) is 0.433. The molecule has 49 heavy (non-hydrogen) atoms. The minimum absolute atomic E-state index is 0.125. The molecule has 0 spiro atoms. The molecule has 256 valence electrons. The number of hydrogen-bond donors (Lipinski definition) is 1. The van der Waals surface area contributed by atoms with Crippen molar-refractivity contribution < 1.29 is 27.8 Å². The molecule has 1 amide bonds. The number of hydrogen-bond acceptors (Lipinski definition) is 8. The van der Waals surface area contributed by atoms with Crippen molar-refractivity contribution in [2.45, 2.75) is 37.2 Å². The molecule has 1 aliphatic rings. The second kappa shape index (κ2) is 14.1. The van der Waals surface area contributed by atoms with Gasteiger partial charge in [0.1, 0.15) is 18.2 Å². The van der Waals surface area contributed by atoms with Crippen molar-refractivity contribution in [2.75, 3.05) is 50.6 Å². The third-order valence-corrected chi connectivity index (χ3v) is 9.74. The summed E-state index contributed by atoms with van der Waals surface area (Å²) < 4.78 is 38.2. The van der Waals surface area contributed by atoms with E-state index in [1.807, 2.05) is 69.3 Å². The highest BCUT2D eigenvalue weighted by Crippen LogP contribution is 2.37. The summed E-state index contributed by atoms with van der Waals surface area (Å²) >= 11 is 0. The summed E-state index contributed by atoms with van der Waals surface area (Å²) in [5.41, 5.74) is 1.68. The van der Waals surface area contributed by atoms with Crippen LogP contribution in [0.15, 0.2) is 102 Å². The van der Waals surface area contributed by atoms with E-state index >= 15 is 0 Å². The van der Waals surface area contributed by atoms with Crippen molar-refractivity contribution in [2.24, 2.45) is 0 Å². The Labute approximate surface area is 287 Å². The number of nitrogens with zero attached hydrogens (tertiary/aromatic N) is 4. The molecule has 11 heteroatoms. The fourth-order valence-electron chi connectivity index (χ4n) is 5.91. The number of amides is 1. The van der Waals surface area contributed by atoms with Crippen LogP contribution in [-0.4, -0.2) is 79.8 Å². The number of ether oxygens (including phenoxy) is 2. The van der Waals surface area contributed by atoms with Gasteiger partial charge in [-0.3, -0.25) is 14.6 Å². The lowest BCUT2D eigenvalue weighted by Crippen LogP contribution is -2.38. The van der Waals surface area contributed by atoms with E-state index in [1.165, 1.54) is 17.0 Å². The Hall–Kier alpha value is -4.55. The number of aliphatic hydroxyl groups excluding tert-OH is 1. The van der Waals surface area contributed by atoms with Crippen LogP contribution in [0.2, 0.25) is 0 Å². The molecule has 1 N–H and O–H groups in total. The fraction of sp³-hybridized carbons (Fsp3) is 0.316. The van der Waals surface area contributed by atoms with Crippen LogP contribution >= 0.6 is 0 Å². The maximum Gasteiger partial charge on any atom is 0.266 e. The Morgan fingerprint density at radius 1 is 0.939 bits per heavy atom. The van der Waals surface area contributed by atoms with Crippen LogP contribution in [-0.2, 0) is 24.8 Å². The van der Waals surface area contributed by atoms with Gasteiger partial charge in [-0.15, -0.1) is 0 Å². The van der Waals surface area contributed by atoms with Crippen molar-refractivity contribution in [1.29, 1.82) is 0 Å². The largest absolute Gasteiger partial charge is 0.492 e. The zero-order chi connectivity index (χ0) is 34.8. The summed E-state index contributed by atoms with van der Waals surface area (Å²) in [6.45, 7) is 10.5. The van der Waals surface area contributed by atoms with E-state index in [4.69, 9.17) is 14.6 Å². The van der Waals surface area contributed by atoms with Gasteiger partial charge in [0.2, 0.25) is 0 Å². The van der Waals surface area contributed by atoms with Gasteiger partial charge >= 0.3 is 0 Å². The van der Waals surface area contributed by atoms with Gasteiger partial charge < -0.3 is 14.6 Å². The first-order valence-electron chi connectivity index (χ1n) is 16.3. The maximum absolute atomic E-state index is 14.7. The first-order chi connectivity index (χ1) is 23.4. The maximum atomic E-state index is 14.7. The Bertz CT molecular complexity index is 2050. The number of sulfone groups is 1. The molecular weight excluding hydrogens is 641 g/mol. The summed E-state index contributed by atoms with van der Waals surface area (Å²) in [6.07, 6.45) is -0.409. The number of aromatic nitrogens is 2. The van der Waals surface area contributed by atoms with Crippen LogP contribution in [0.25, 0.3) is 16.5 Å². The van der Waals surface area contributed by atoms with Crippen molar-refractivity contribution >= 4 is 38.0 Å². The quantitative estimate of drug-likeness (QED) is 0.196. The molecule has 10 nitrogen and oxygen atoms in total. The number of carbonyl (C=O) groups is 1. The zero-order valence-electron chi connectivity index (χ0n) is 28.2. The molecule has 1 aromatic heterocycles. The van der Waals surface area contributed by atoms with E-state index in [2.05, 4.69) is 4.90 Å². The van der Waals surface area contributed by atoms with Crippen LogP contribution in [0.3, 0.4) is 0 Å². The lowest BCUT2D eigenvalue weighted by molar-refractivity contribution is -0.126. The number of fused-ring (bicyclic) bond motifs is 1. The van der Waals surface area contributed by atoms with E-state index in [1.54, 1.807) is 41.1 Å². The first-order valence-corrected chi connectivity index (χ1v) is 18.2. The zero-order valence-corrected chi connectivity index (χ0v) is 29.1. The highest BCUT2D eigenvalue weighted by atomic mass is 32.2. The highest BCUT2D eigenvalue weighted by Gasteiger charge is 2.33. The second-order valence-corrected chi connectivity index (χ2v) is 15.2. The van der Waals surface area contributed by atoms with Crippen molar-refractivity contribution in [3.63, 3.8) is 0 Å². The molecular formula is C38H42N4O6S. The van der Waals surface area contributed by atoms with Gasteiger partial charge in [0, 0.05) is 42.8 Å². The molecule has 1 unspecified atom stereocenters. The normalized spacial score (nSPS) is 14.9. The van der Waals surface area contributed by atoms with Gasteiger partial charge in [0.25, 0.3) is 5.91 Å². The number of morpholine rings is 1. The topological polar surface area (TPSA) is 114 Å². The number of benzene rings is 4. The third kappa shape index (κ3) is 7.55. The molecule has 1 aliphatic heterocycles. The van der Waals surface area contributed by atoms with Crippen LogP contribution in [0.1, 0.15) is 38.1 Å². The lowest BCUT2D eigenvalue weighted by Gasteiger charge is -2.27. The molecule has 6 rings (SSSR count). The molecule has 1 atom stereocenters. The van der Waals surface area contributed by atoms with Crippen molar-refractivity contribution in [3.8, 4) is 11.4 Å². The lowest BCUT2D eigenvalue weighted by atomic mass is 9.92. The summed E-state index contributed by atoms with van der Waals surface area (Å²) in [5, 5.41) is 18.3. The summed E-state index contributed by atoms with van der Waals surface area (Å²) in [6, 6.07) is 28.4. The predicted molar refractivity (Wildman–Crippen MR) is 191 cm³/mol. The number of para-hydroxylation sites is 1. The average Bonchev–Trinajstić information content (AvgIpc) is 3.55. The van der Waals surface area contributed by atoms with Gasteiger partial charge in [-0.2, -0.15) is 5.10 Å². The number of anilines is 2. The van der Waals surface area contributed by atoms with E-state index in [9.17, 15) is 18.3 Å². The van der Waals surface area contributed by atoms with E-state index < -0.39 is 27.3 Å². The Kier molecular flexibility index (Phi) is 9.89. The van der Waals surface area contributed by atoms with E-state index in [0.717, 1.165) is 44.5 Å². The number of rotatable bonds is 10. The predicted octanol–water partition coefficient (Wildman–Crippen LogP) is 5.84. The van der Waals surface area contributed by atoms with Crippen molar-refractivity contribution in [1.82, 2.24) is 14.7 Å². The van der Waals surface area contributed by atoms with Gasteiger partial charge in [-0.1, -0.05) is 75.4 Å². The number of aliphatic hydroxyl groups is 1. The fourth-order valence-corrected chi connectivity index (χ4v) is 6.57. The molecule has 4 aromatic carbocycles. The standard InChI is InChI=1S/C38H42N4O6S/c1-38(2,3)34-26-35(42(39-34)28-13-10-14-29(25-28)49(4,45)46)41(27-11-6-5-7-12-27)37(44)36(43)32-17-18-33(31-16-9-8-15-30(31)32)48-24-21-40-19-22-47-23-20-40/h5-18,25-26,36,43H,19-24H2,1-4H3. The highest BCUT2D eigenvalue weighted by molar-refractivity contribution is 7.90. The van der Waals surface area contributed by atoms with Gasteiger partial charge in [0.15, 0.2) is 15.9 Å². The minimum Gasteiger partial charge on any atom is -0.492 e. The average molecular weight is 683 g/mol. The molecule has 2 heterocycles. The van der Waals surface area contributed by atoms with Gasteiger partial charge in [-0.25, -0.2) is 13.1 Å². The first kappa shape index (κ1) is 34.3. The Balaban J connectivity index is 1.41. The van der Waals surface area contributed by atoms with Crippen LogP contribution < -0.4 is 9.64 Å². The van der Waals surface area contributed by atoms with E-state index in [0.29, 0.717) is 46.2 Å².